The number of hydrogen-bond acceptors (Lipinski definition) is 5. The van der Waals surface area contributed by atoms with Crippen molar-refractivity contribution < 1.29 is 18.8 Å². The fourth-order valence-electron chi connectivity index (χ4n) is 4.26. The van der Waals surface area contributed by atoms with Crippen molar-refractivity contribution in [2.24, 2.45) is 5.92 Å². The predicted octanol–water partition coefficient (Wildman–Crippen LogP) is 1.17. The average molecular weight is 362 g/mol. The molecule has 4 aliphatic rings. The van der Waals surface area contributed by atoms with Crippen LogP contribution in [0.5, 0.6) is 0 Å². The van der Waals surface area contributed by atoms with Gasteiger partial charge in [-0.05, 0) is 26.7 Å². The number of carbonyl (C=O) groups is 2. The molecule has 1 aromatic heterocycles. The van der Waals surface area contributed by atoms with Gasteiger partial charge in [0.2, 0.25) is 5.91 Å². The van der Waals surface area contributed by atoms with Crippen molar-refractivity contribution in [2.75, 3.05) is 39.4 Å². The number of aromatic nitrogens is 1. The zero-order chi connectivity index (χ0) is 18.3. The zero-order valence-corrected chi connectivity index (χ0v) is 15.4. The Kier molecular flexibility index (Phi) is 4.60. The first-order valence-corrected chi connectivity index (χ1v) is 9.38. The van der Waals surface area contributed by atoms with E-state index in [1.807, 2.05) is 28.5 Å². The van der Waals surface area contributed by atoms with E-state index in [1.54, 1.807) is 0 Å². The summed E-state index contributed by atoms with van der Waals surface area (Å²) in [5.41, 5.74) is 1.81. The van der Waals surface area contributed by atoms with E-state index in [0.29, 0.717) is 45.9 Å². The van der Waals surface area contributed by atoms with E-state index in [2.05, 4.69) is 5.16 Å². The van der Waals surface area contributed by atoms with Crippen LogP contribution in [0.1, 0.15) is 29.9 Å². The molecule has 0 aromatic carbocycles. The Morgan fingerprint density at radius 3 is 2.62 bits per heavy atom. The molecular weight excluding hydrogens is 336 g/mol. The lowest BCUT2D eigenvalue weighted by molar-refractivity contribution is -0.140. The molecule has 0 N–H and O–H groups in total. The molecule has 8 nitrogen and oxygen atoms in total. The Morgan fingerprint density at radius 1 is 1.15 bits per heavy atom. The van der Waals surface area contributed by atoms with Gasteiger partial charge in [-0.25, -0.2) is 4.79 Å². The van der Waals surface area contributed by atoms with Crippen LogP contribution in [-0.2, 0) is 16.1 Å². The Balaban J connectivity index is 1.52. The van der Waals surface area contributed by atoms with Gasteiger partial charge in [-0.3, -0.25) is 4.79 Å². The van der Waals surface area contributed by atoms with Gasteiger partial charge in [-0.2, -0.15) is 0 Å². The van der Waals surface area contributed by atoms with E-state index in [0.717, 1.165) is 29.9 Å². The van der Waals surface area contributed by atoms with Crippen molar-refractivity contribution in [1.82, 2.24) is 19.9 Å². The number of morpholine rings is 1. The molecule has 4 fully saturated rings. The minimum atomic E-state index is -0.112. The van der Waals surface area contributed by atoms with Crippen LogP contribution in [-0.4, -0.2) is 77.2 Å². The monoisotopic (exact) mass is 362 g/mol. The highest BCUT2D eigenvalue weighted by molar-refractivity contribution is 5.83. The maximum atomic E-state index is 13.0. The molecule has 0 radical (unpaired) electrons. The number of aryl methyl sites for hydroxylation is 2. The van der Waals surface area contributed by atoms with E-state index in [1.165, 1.54) is 0 Å². The van der Waals surface area contributed by atoms with Crippen LogP contribution in [0.2, 0.25) is 0 Å². The number of nitrogens with zero attached hydrogens (tertiary/aromatic N) is 4. The van der Waals surface area contributed by atoms with Crippen LogP contribution >= 0.6 is 0 Å². The Bertz CT molecular complexity index is 678. The smallest absolute Gasteiger partial charge is 0.320 e. The fourth-order valence-corrected chi connectivity index (χ4v) is 4.26. The Morgan fingerprint density at radius 2 is 1.92 bits per heavy atom. The van der Waals surface area contributed by atoms with Crippen LogP contribution in [0.25, 0.3) is 0 Å². The second-order valence-electron chi connectivity index (χ2n) is 7.48. The summed E-state index contributed by atoms with van der Waals surface area (Å²) in [5, 5.41) is 4.00. The first kappa shape index (κ1) is 17.3. The van der Waals surface area contributed by atoms with Crippen molar-refractivity contribution in [3.05, 3.63) is 17.0 Å². The molecule has 1 aromatic rings. The summed E-state index contributed by atoms with van der Waals surface area (Å²) in [6, 6.07) is 0.0946. The van der Waals surface area contributed by atoms with Gasteiger partial charge in [0.1, 0.15) is 5.76 Å². The quantitative estimate of drug-likeness (QED) is 0.789. The molecule has 0 unspecified atom stereocenters. The molecule has 0 spiro atoms. The number of hydrogen-bond donors (Lipinski definition) is 0. The molecule has 5 rings (SSSR count). The van der Waals surface area contributed by atoms with Gasteiger partial charge in [-0.15, -0.1) is 0 Å². The average Bonchev–Trinajstić information content (AvgIpc) is 2.82. The molecular formula is C18H26N4O4. The number of ether oxygens (including phenoxy) is 1. The Hall–Kier alpha value is -2.09. The first-order chi connectivity index (χ1) is 12.5. The predicted molar refractivity (Wildman–Crippen MR) is 92.4 cm³/mol. The molecule has 2 bridgehead atoms. The minimum Gasteiger partial charge on any atom is -0.378 e. The van der Waals surface area contributed by atoms with E-state index in [4.69, 9.17) is 9.26 Å². The molecule has 0 saturated carbocycles. The van der Waals surface area contributed by atoms with Crippen LogP contribution in [0.15, 0.2) is 4.52 Å². The van der Waals surface area contributed by atoms with Crippen molar-refractivity contribution >= 4 is 11.9 Å². The van der Waals surface area contributed by atoms with E-state index in [-0.39, 0.29) is 23.9 Å². The van der Waals surface area contributed by atoms with Gasteiger partial charge >= 0.3 is 6.03 Å². The number of rotatable bonds is 2. The lowest BCUT2D eigenvalue weighted by atomic mass is 9.93. The summed E-state index contributed by atoms with van der Waals surface area (Å²) in [7, 11) is 0. The van der Waals surface area contributed by atoms with Gasteiger partial charge in [-0.1, -0.05) is 5.16 Å². The summed E-state index contributed by atoms with van der Waals surface area (Å²) in [6.07, 6.45) is 1.79. The van der Waals surface area contributed by atoms with Crippen LogP contribution in [0.3, 0.4) is 0 Å². The molecule has 4 aliphatic heterocycles. The molecule has 142 valence electrons. The SMILES string of the molecule is Cc1noc(C)c1CN1C(=O)[C@H]2CC[C@@H]1CN(C(=O)N1CCOCC1)C2. The van der Waals surface area contributed by atoms with E-state index >= 15 is 0 Å². The summed E-state index contributed by atoms with van der Waals surface area (Å²) in [6.45, 7) is 7.84. The molecule has 8 heteroatoms. The number of amides is 3. The maximum absolute atomic E-state index is 13.0. The standard InChI is InChI=1S/C18H26N4O4/c1-12-16(13(2)26-19-12)11-22-15-4-3-14(17(22)23)9-21(10-15)18(24)20-5-7-25-8-6-20/h14-15H,3-11H2,1-2H3/t14-,15+/m0/s1. The fraction of sp³-hybridized carbons (Fsp3) is 0.722. The van der Waals surface area contributed by atoms with Gasteiger partial charge in [0, 0.05) is 37.8 Å². The summed E-state index contributed by atoms with van der Waals surface area (Å²) < 4.78 is 10.6. The third kappa shape index (κ3) is 3.06. The van der Waals surface area contributed by atoms with Gasteiger partial charge in [0.15, 0.2) is 0 Å². The maximum Gasteiger partial charge on any atom is 0.320 e. The second kappa shape index (κ2) is 6.90. The van der Waals surface area contributed by atoms with E-state index in [9.17, 15) is 9.59 Å². The molecule has 2 atom stereocenters. The highest BCUT2D eigenvalue weighted by Gasteiger charge is 2.43. The molecule has 4 saturated heterocycles. The van der Waals surface area contributed by atoms with Gasteiger partial charge in [0.25, 0.3) is 0 Å². The molecule has 26 heavy (non-hydrogen) atoms. The van der Waals surface area contributed by atoms with Gasteiger partial charge < -0.3 is 24.0 Å². The zero-order valence-electron chi connectivity index (χ0n) is 15.4. The Labute approximate surface area is 153 Å². The number of fused-ring (bicyclic) bond motifs is 4. The number of carbonyl (C=O) groups excluding carboxylic acids is 2. The number of urea groups is 1. The summed E-state index contributed by atoms with van der Waals surface area (Å²) >= 11 is 0. The molecule has 0 aliphatic carbocycles. The lowest BCUT2D eigenvalue weighted by Gasteiger charge is -2.36. The highest BCUT2D eigenvalue weighted by Crippen LogP contribution is 2.31. The molecule has 5 heterocycles. The third-order valence-corrected chi connectivity index (χ3v) is 5.86. The summed E-state index contributed by atoms with van der Waals surface area (Å²) in [4.78, 5) is 31.6. The van der Waals surface area contributed by atoms with Crippen molar-refractivity contribution in [1.29, 1.82) is 0 Å². The second-order valence-corrected chi connectivity index (χ2v) is 7.48. The highest BCUT2D eigenvalue weighted by atomic mass is 16.5. The minimum absolute atomic E-state index is 0.0391. The first-order valence-electron chi connectivity index (χ1n) is 9.38. The van der Waals surface area contributed by atoms with Gasteiger partial charge in [0.05, 0.1) is 31.4 Å². The normalized spacial score (nSPS) is 26.4. The van der Waals surface area contributed by atoms with E-state index < -0.39 is 0 Å². The van der Waals surface area contributed by atoms with Crippen LogP contribution in [0, 0.1) is 19.8 Å². The van der Waals surface area contributed by atoms with Crippen molar-refractivity contribution in [3.63, 3.8) is 0 Å². The third-order valence-electron chi connectivity index (χ3n) is 5.86. The summed E-state index contributed by atoms with van der Waals surface area (Å²) in [5.74, 6) is 0.800. The number of piperidine rings is 1. The molecule has 3 amide bonds. The topological polar surface area (TPSA) is 79.1 Å². The largest absolute Gasteiger partial charge is 0.378 e. The van der Waals surface area contributed by atoms with Crippen molar-refractivity contribution in [2.45, 2.75) is 39.3 Å². The van der Waals surface area contributed by atoms with Crippen molar-refractivity contribution in [3.8, 4) is 0 Å². The lowest BCUT2D eigenvalue weighted by Crippen LogP contribution is -2.50. The van der Waals surface area contributed by atoms with Crippen LogP contribution < -0.4 is 0 Å². The van der Waals surface area contributed by atoms with Crippen LogP contribution in [0.4, 0.5) is 4.79 Å².